The highest BCUT2D eigenvalue weighted by Crippen LogP contribution is 2.27. The molecule has 0 spiro atoms. The van der Waals surface area contributed by atoms with Crippen molar-refractivity contribution in [3.05, 3.63) is 57.2 Å². The first-order chi connectivity index (χ1) is 14.0. The first-order valence-electron chi connectivity index (χ1n) is 9.31. The number of carbonyl (C=O) groups excluding carboxylic acids is 3. The van der Waals surface area contributed by atoms with Crippen molar-refractivity contribution in [2.75, 3.05) is 25.1 Å². The van der Waals surface area contributed by atoms with E-state index < -0.39 is 0 Å². The number of nitrogens with zero attached hydrogens (tertiary/aromatic N) is 1. The maximum Gasteiger partial charge on any atom is 0.262 e. The average molecular weight is 506 g/mol. The summed E-state index contributed by atoms with van der Waals surface area (Å²) >= 11 is 2.19. The fraction of sp³-hybridized carbons (Fsp3) is 0.286. The molecule has 1 fully saturated rings. The lowest BCUT2D eigenvalue weighted by atomic mass is 10.1. The fourth-order valence-electron chi connectivity index (χ4n) is 3.40. The summed E-state index contributed by atoms with van der Waals surface area (Å²) in [6.45, 7) is 0.766. The van der Waals surface area contributed by atoms with Crippen molar-refractivity contribution >= 4 is 46.0 Å². The Hall–Kier alpha value is -2.46. The monoisotopic (exact) mass is 506 g/mol. The molecular formula is C21H19IN2O5. The van der Waals surface area contributed by atoms with Crippen LogP contribution in [0.5, 0.6) is 5.75 Å². The van der Waals surface area contributed by atoms with Crippen LogP contribution in [0.2, 0.25) is 0 Å². The van der Waals surface area contributed by atoms with Gasteiger partial charge in [-0.3, -0.25) is 19.3 Å². The normalized spacial score (nSPS) is 18.1. The van der Waals surface area contributed by atoms with Crippen LogP contribution in [-0.4, -0.2) is 48.5 Å². The van der Waals surface area contributed by atoms with E-state index in [0.29, 0.717) is 29.2 Å². The summed E-state index contributed by atoms with van der Waals surface area (Å²) in [5.41, 5.74) is 1.09. The highest BCUT2D eigenvalue weighted by atomic mass is 127. The summed E-state index contributed by atoms with van der Waals surface area (Å²) in [5.74, 6) is -0.427. The molecule has 2 aliphatic heterocycles. The number of nitrogens with one attached hydrogen (secondary N) is 1. The van der Waals surface area contributed by atoms with Gasteiger partial charge in [-0.15, -0.1) is 0 Å². The molecule has 3 amide bonds. The molecule has 0 aliphatic carbocycles. The van der Waals surface area contributed by atoms with Crippen LogP contribution in [-0.2, 0) is 9.53 Å². The zero-order valence-corrected chi connectivity index (χ0v) is 17.7. The van der Waals surface area contributed by atoms with Crippen molar-refractivity contribution in [3.63, 3.8) is 0 Å². The van der Waals surface area contributed by atoms with Crippen LogP contribution < -0.4 is 10.1 Å². The molecule has 0 saturated carbocycles. The lowest BCUT2D eigenvalue weighted by Gasteiger charge is -2.17. The molecule has 4 rings (SSSR count). The molecule has 150 valence electrons. The van der Waals surface area contributed by atoms with E-state index in [1.165, 1.54) is 11.0 Å². The smallest absolute Gasteiger partial charge is 0.262 e. The second-order valence-electron chi connectivity index (χ2n) is 6.91. The molecule has 8 heteroatoms. The van der Waals surface area contributed by atoms with Gasteiger partial charge in [0.25, 0.3) is 17.7 Å². The third-order valence-electron chi connectivity index (χ3n) is 4.85. The topological polar surface area (TPSA) is 84.9 Å². The molecule has 2 heterocycles. The Balaban J connectivity index is 1.39. The Kier molecular flexibility index (Phi) is 5.81. The number of rotatable bonds is 6. The van der Waals surface area contributed by atoms with Gasteiger partial charge in [-0.05, 0) is 77.9 Å². The van der Waals surface area contributed by atoms with Crippen molar-refractivity contribution in [1.29, 1.82) is 0 Å². The number of ether oxygens (including phenoxy) is 2. The van der Waals surface area contributed by atoms with Gasteiger partial charge in [-0.2, -0.15) is 0 Å². The highest BCUT2D eigenvalue weighted by molar-refractivity contribution is 14.1. The minimum Gasteiger partial charge on any atom is -0.484 e. The number of carbonyl (C=O) groups is 3. The number of hydrogen-bond acceptors (Lipinski definition) is 5. The summed E-state index contributed by atoms with van der Waals surface area (Å²) in [6, 6.07) is 12.1. The van der Waals surface area contributed by atoms with E-state index in [4.69, 9.17) is 9.47 Å². The van der Waals surface area contributed by atoms with Crippen molar-refractivity contribution in [2.45, 2.75) is 18.9 Å². The van der Waals surface area contributed by atoms with E-state index in [-0.39, 0.29) is 37.0 Å². The van der Waals surface area contributed by atoms with Gasteiger partial charge in [0.2, 0.25) is 0 Å². The molecule has 1 unspecified atom stereocenters. The highest BCUT2D eigenvalue weighted by Gasteiger charge is 2.37. The predicted octanol–water partition coefficient (Wildman–Crippen LogP) is 3.08. The van der Waals surface area contributed by atoms with Gasteiger partial charge in [0.05, 0.1) is 23.8 Å². The maximum atomic E-state index is 12.7. The van der Waals surface area contributed by atoms with Crippen LogP contribution in [0, 0.1) is 3.57 Å². The molecule has 0 aromatic heterocycles. The molecule has 2 aromatic carbocycles. The number of imide groups is 1. The average Bonchev–Trinajstić information content (AvgIpc) is 3.31. The predicted molar refractivity (Wildman–Crippen MR) is 114 cm³/mol. The second kappa shape index (κ2) is 8.50. The third kappa shape index (κ3) is 4.43. The molecule has 2 aliphatic rings. The molecule has 0 bridgehead atoms. The van der Waals surface area contributed by atoms with E-state index in [1.807, 2.05) is 12.1 Å². The minimum absolute atomic E-state index is 0.102. The van der Waals surface area contributed by atoms with Crippen molar-refractivity contribution < 1.29 is 23.9 Å². The lowest BCUT2D eigenvalue weighted by Crippen LogP contribution is -2.36. The Morgan fingerprint density at radius 1 is 1.14 bits per heavy atom. The fourth-order valence-corrected chi connectivity index (χ4v) is 3.76. The molecule has 1 atom stereocenters. The second-order valence-corrected chi connectivity index (χ2v) is 8.15. The zero-order valence-electron chi connectivity index (χ0n) is 15.5. The minimum atomic E-state index is -0.355. The Labute approximate surface area is 181 Å². The standard InChI is InChI=1S/C21H19IN2O5/c22-13-3-6-15(7-4-13)29-12-19(25)23-14-5-8-17-18(10-14)21(27)24(20(17)26)11-16-2-1-9-28-16/h3-8,10,16H,1-2,9,11-12H2,(H,23,25). The van der Waals surface area contributed by atoms with Gasteiger partial charge in [0.15, 0.2) is 6.61 Å². The Morgan fingerprint density at radius 2 is 1.90 bits per heavy atom. The summed E-state index contributed by atoms with van der Waals surface area (Å²) in [6.07, 6.45) is 1.68. The number of amides is 3. The van der Waals surface area contributed by atoms with Crippen LogP contribution in [0.1, 0.15) is 33.6 Å². The summed E-state index contributed by atoms with van der Waals surface area (Å²) in [5, 5.41) is 2.70. The Bertz CT molecular complexity index is 954. The zero-order chi connectivity index (χ0) is 20.4. The van der Waals surface area contributed by atoms with Crippen LogP contribution in [0.25, 0.3) is 0 Å². The van der Waals surface area contributed by atoms with Gasteiger partial charge in [0.1, 0.15) is 5.75 Å². The number of hydrogen-bond donors (Lipinski definition) is 1. The van der Waals surface area contributed by atoms with E-state index in [2.05, 4.69) is 27.9 Å². The third-order valence-corrected chi connectivity index (χ3v) is 5.57. The van der Waals surface area contributed by atoms with Crippen molar-refractivity contribution in [2.24, 2.45) is 0 Å². The molecule has 29 heavy (non-hydrogen) atoms. The quantitative estimate of drug-likeness (QED) is 0.481. The molecule has 0 radical (unpaired) electrons. The first kappa shape index (κ1) is 19.8. The maximum absolute atomic E-state index is 12.7. The molecule has 2 aromatic rings. The SMILES string of the molecule is O=C(COc1ccc(I)cc1)Nc1ccc2c(c1)C(=O)N(CC1CCCO1)C2=O. The van der Waals surface area contributed by atoms with Crippen molar-refractivity contribution in [1.82, 2.24) is 4.90 Å². The Morgan fingerprint density at radius 3 is 2.62 bits per heavy atom. The van der Waals surface area contributed by atoms with Gasteiger partial charge in [-0.25, -0.2) is 0 Å². The van der Waals surface area contributed by atoms with Gasteiger partial charge in [0, 0.05) is 15.9 Å². The van der Waals surface area contributed by atoms with Gasteiger partial charge >= 0.3 is 0 Å². The van der Waals surface area contributed by atoms with Gasteiger partial charge in [-0.1, -0.05) is 0 Å². The summed E-state index contributed by atoms with van der Waals surface area (Å²) < 4.78 is 12.1. The summed E-state index contributed by atoms with van der Waals surface area (Å²) in [7, 11) is 0. The van der Waals surface area contributed by atoms with Crippen LogP contribution in [0.15, 0.2) is 42.5 Å². The van der Waals surface area contributed by atoms with Crippen molar-refractivity contribution in [3.8, 4) is 5.75 Å². The van der Waals surface area contributed by atoms with E-state index in [9.17, 15) is 14.4 Å². The summed E-state index contributed by atoms with van der Waals surface area (Å²) in [4.78, 5) is 38.6. The first-order valence-corrected chi connectivity index (χ1v) is 10.4. The molecule has 7 nitrogen and oxygen atoms in total. The lowest BCUT2D eigenvalue weighted by molar-refractivity contribution is -0.118. The molecule has 1 N–H and O–H groups in total. The van der Waals surface area contributed by atoms with E-state index in [1.54, 1.807) is 24.3 Å². The van der Waals surface area contributed by atoms with E-state index in [0.717, 1.165) is 16.4 Å². The van der Waals surface area contributed by atoms with E-state index >= 15 is 0 Å². The number of fused-ring (bicyclic) bond motifs is 1. The number of anilines is 1. The molecule has 1 saturated heterocycles. The molecular weight excluding hydrogens is 487 g/mol. The van der Waals surface area contributed by atoms with Crippen LogP contribution in [0.4, 0.5) is 5.69 Å². The number of benzene rings is 2. The van der Waals surface area contributed by atoms with Gasteiger partial charge < -0.3 is 14.8 Å². The number of halogens is 1. The van der Waals surface area contributed by atoms with Crippen LogP contribution >= 0.6 is 22.6 Å². The van der Waals surface area contributed by atoms with Crippen LogP contribution in [0.3, 0.4) is 0 Å². The largest absolute Gasteiger partial charge is 0.484 e.